The van der Waals surface area contributed by atoms with Gasteiger partial charge < -0.3 is 10.6 Å². The first-order chi connectivity index (χ1) is 12.7. The third-order valence-corrected chi connectivity index (χ3v) is 4.59. The largest absolute Gasteiger partial charge is 0.352 e. The topological polar surface area (TPSA) is 76.0 Å². The van der Waals surface area contributed by atoms with Crippen LogP contribution in [0.15, 0.2) is 59.6 Å². The highest BCUT2D eigenvalue weighted by molar-refractivity contribution is 7.08. The third kappa shape index (κ3) is 5.03. The minimum absolute atomic E-state index is 0.0930. The molecule has 3 rings (SSSR count). The predicted molar refractivity (Wildman–Crippen MR) is 101 cm³/mol. The summed E-state index contributed by atoms with van der Waals surface area (Å²) in [5, 5.41) is 13.5. The lowest BCUT2D eigenvalue weighted by atomic mass is 10.1. The van der Waals surface area contributed by atoms with Gasteiger partial charge in [-0.2, -0.15) is 16.4 Å². The number of rotatable bonds is 8. The van der Waals surface area contributed by atoms with Gasteiger partial charge in [-0.15, -0.1) is 0 Å². The third-order valence-electron chi connectivity index (χ3n) is 3.91. The van der Waals surface area contributed by atoms with Crippen molar-refractivity contribution < 1.29 is 9.59 Å². The van der Waals surface area contributed by atoms with Crippen molar-refractivity contribution in [2.24, 2.45) is 0 Å². The maximum atomic E-state index is 12.0. The summed E-state index contributed by atoms with van der Waals surface area (Å²) < 4.78 is 1.85. The van der Waals surface area contributed by atoms with Gasteiger partial charge in [0.05, 0.1) is 6.54 Å². The first kappa shape index (κ1) is 17.9. The fraction of sp³-hybridized carbons (Fsp3) is 0.211. The van der Waals surface area contributed by atoms with Gasteiger partial charge in [0, 0.05) is 42.8 Å². The zero-order chi connectivity index (χ0) is 18.2. The van der Waals surface area contributed by atoms with Gasteiger partial charge in [0.1, 0.15) is 0 Å². The van der Waals surface area contributed by atoms with Crippen LogP contribution in [0.4, 0.5) is 0 Å². The monoisotopic (exact) mass is 368 g/mol. The average molecular weight is 368 g/mol. The molecule has 134 valence electrons. The summed E-state index contributed by atoms with van der Waals surface area (Å²) in [6.07, 6.45) is 3.90. The standard InChI is InChI=1S/C19H20N4O2S/c24-18(6-9-20-19(25)17-7-11-26-14-17)21-12-15-4-1-2-5-16(15)13-23-10-3-8-22-23/h1-5,7-8,10-11,14H,6,9,12-13H2,(H,20,25)(H,21,24). The van der Waals surface area contributed by atoms with Crippen LogP contribution in [0.2, 0.25) is 0 Å². The Morgan fingerprint density at radius 1 is 1.08 bits per heavy atom. The summed E-state index contributed by atoms with van der Waals surface area (Å²) in [5.74, 6) is -0.242. The molecule has 0 unspecified atom stereocenters. The Hall–Kier alpha value is -2.93. The van der Waals surface area contributed by atoms with E-state index in [1.165, 1.54) is 11.3 Å². The summed E-state index contributed by atoms with van der Waals surface area (Å²) in [6.45, 7) is 1.43. The lowest BCUT2D eigenvalue weighted by Crippen LogP contribution is -2.30. The quantitative estimate of drug-likeness (QED) is 0.641. The van der Waals surface area contributed by atoms with Crippen molar-refractivity contribution in [1.29, 1.82) is 0 Å². The first-order valence-electron chi connectivity index (χ1n) is 8.33. The van der Waals surface area contributed by atoms with Crippen molar-refractivity contribution in [3.8, 4) is 0 Å². The van der Waals surface area contributed by atoms with E-state index in [0.29, 0.717) is 25.2 Å². The molecule has 0 saturated heterocycles. The minimum atomic E-state index is -0.149. The van der Waals surface area contributed by atoms with Crippen LogP contribution in [0.3, 0.4) is 0 Å². The Morgan fingerprint density at radius 3 is 2.65 bits per heavy atom. The molecule has 7 heteroatoms. The lowest BCUT2D eigenvalue weighted by molar-refractivity contribution is -0.121. The van der Waals surface area contributed by atoms with Gasteiger partial charge in [-0.25, -0.2) is 0 Å². The Balaban J connectivity index is 1.45. The van der Waals surface area contributed by atoms with Crippen LogP contribution in [0.25, 0.3) is 0 Å². The van der Waals surface area contributed by atoms with Crippen LogP contribution in [-0.4, -0.2) is 28.1 Å². The number of carbonyl (C=O) groups is 2. The van der Waals surface area contributed by atoms with Crippen molar-refractivity contribution in [3.05, 3.63) is 76.2 Å². The van der Waals surface area contributed by atoms with Crippen molar-refractivity contribution in [3.63, 3.8) is 0 Å². The Labute approximate surface area is 155 Å². The Morgan fingerprint density at radius 2 is 1.92 bits per heavy atom. The van der Waals surface area contributed by atoms with Gasteiger partial charge in [0.25, 0.3) is 5.91 Å². The normalized spacial score (nSPS) is 10.5. The number of nitrogens with one attached hydrogen (secondary N) is 2. The van der Waals surface area contributed by atoms with Crippen molar-refractivity contribution in [2.75, 3.05) is 6.54 Å². The van der Waals surface area contributed by atoms with E-state index < -0.39 is 0 Å². The molecule has 2 N–H and O–H groups in total. The number of nitrogens with zero attached hydrogens (tertiary/aromatic N) is 2. The number of hydrogen-bond acceptors (Lipinski definition) is 4. The number of hydrogen-bond donors (Lipinski definition) is 2. The van der Waals surface area contributed by atoms with Gasteiger partial charge in [0.2, 0.25) is 5.91 Å². The van der Waals surface area contributed by atoms with Crippen LogP contribution >= 0.6 is 11.3 Å². The zero-order valence-electron chi connectivity index (χ0n) is 14.2. The molecule has 0 saturated carbocycles. The SMILES string of the molecule is O=C(CCNC(=O)c1ccsc1)NCc1ccccc1Cn1cccn1. The Kier molecular flexibility index (Phi) is 6.16. The second-order valence-corrected chi connectivity index (χ2v) is 6.55. The van der Waals surface area contributed by atoms with Crippen LogP contribution < -0.4 is 10.6 Å². The molecule has 1 aromatic carbocycles. The van der Waals surface area contributed by atoms with E-state index in [1.807, 2.05) is 46.6 Å². The molecule has 0 spiro atoms. The van der Waals surface area contributed by atoms with E-state index in [4.69, 9.17) is 0 Å². The van der Waals surface area contributed by atoms with Gasteiger partial charge in [-0.05, 0) is 28.6 Å². The second kappa shape index (κ2) is 8.96. The molecular weight excluding hydrogens is 348 g/mol. The summed E-state index contributed by atoms with van der Waals surface area (Å²) in [4.78, 5) is 23.9. The highest BCUT2D eigenvalue weighted by Crippen LogP contribution is 2.10. The van der Waals surface area contributed by atoms with Crippen molar-refractivity contribution in [1.82, 2.24) is 20.4 Å². The molecule has 0 fully saturated rings. The van der Waals surface area contributed by atoms with E-state index in [2.05, 4.69) is 15.7 Å². The van der Waals surface area contributed by atoms with Gasteiger partial charge in [-0.1, -0.05) is 24.3 Å². The average Bonchev–Trinajstić information content (AvgIpc) is 3.35. The first-order valence-corrected chi connectivity index (χ1v) is 9.28. The Bertz CT molecular complexity index is 844. The van der Waals surface area contributed by atoms with Crippen LogP contribution in [0.1, 0.15) is 27.9 Å². The number of carbonyl (C=O) groups excluding carboxylic acids is 2. The van der Waals surface area contributed by atoms with Crippen LogP contribution in [-0.2, 0) is 17.9 Å². The number of amides is 2. The highest BCUT2D eigenvalue weighted by atomic mass is 32.1. The van der Waals surface area contributed by atoms with Gasteiger partial charge in [0.15, 0.2) is 0 Å². The molecule has 0 atom stereocenters. The van der Waals surface area contributed by atoms with Crippen molar-refractivity contribution in [2.45, 2.75) is 19.5 Å². The van der Waals surface area contributed by atoms with Gasteiger partial charge in [-0.3, -0.25) is 14.3 Å². The molecule has 0 aliphatic rings. The molecule has 26 heavy (non-hydrogen) atoms. The molecule has 2 aromatic heterocycles. The molecule has 0 bridgehead atoms. The van der Waals surface area contributed by atoms with E-state index >= 15 is 0 Å². The van der Waals surface area contributed by atoms with E-state index in [9.17, 15) is 9.59 Å². The number of aromatic nitrogens is 2. The van der Waals surface area contributed by atoms with Crippen molar-refractivity contribution >= 4 is 23.2 Å². The molecule has 6 nitrogen and oxygen atoms in total. The zero-order valence-corrected chi connectivity index (χ0v) is 15.0. The van der Waals surface area contributed by atoms with E-state index in [-0.39, 0.29) is 18.2 Å². The summed E-state index contributed by atoms with van der Waals surface area (Å²) in [7, 11) is 0. The maximum Gasteiger partial charge on any atom is 0.252 e. The fourth-order valence-corrected chi connectivity index (χ4v) is 3.16. The smallest absolute Gasteiger partial charge is 0.252 e. The number of thiophene rings is 1. The lowest BCUT2D eigenvalue weighted by Gasteiger charge is -2.11. The van der Waals surface area contributed by atoms with Crippen LogP contribution in [0, 0.1) is 0 Å². The summed E-state index contributed by atoms with van der Waals surface area (Å²) >= 11 is 1.47. The second-order valence-electron chi connectivity index (χ2n) is 5.77. The van der Waals surface area contributed by atoms with E-state index in [0.717, 1.165) is 11.1 Å². The molecule has 2 amide bonds. The van der Waals surface area contributed by atoms with Gasteiger partial charge >= 0.3 is 0 Å². The molecule has 3 aromatic rings. The number of benzene rings is 1. The van der Waals surface area contributed by atoms with E-state index in [1.54, 1.807) is 17.6 Å². The summed E-state index contributed by atoms with van der Waals surface area (Å²) in [5.41, 5.74) is 2.80. The fourth-order valence-electron chi connectivity index (χ4n) is 2.52. The predicted octanol–water partition coefficient (Wildman–Crippen LogP) is 2.43. The molecular formula is C19H20N4O2S. The molecule has 0 aliphatic heterocycles. The maximum absolute atomic E-state index is 12.0. The summed E-state index contributed by atoms with van der Waals surface area (Å²) in [6, 6.07) is 11.6. The molecule has 0 radical (unpaired) electrons. The van der Waals surface area contributed by atoms with Crippen LogP contribution in [0.5, 0.6) is 0 Å². The molecule has 0 aliphatic carbocycles. The minimum Gasteiger partial charge on any atom is -0.352 e. The highest BCUT2D eigenvalue weighted by Gasteiger charge is 2.08. The molecule has 2 heterocycles.